The molecule has 0 aliphatic rings. The average Bonchev–Trinajstić information content (AvgIpc) is 3.47. The van der Waals surface area contributed by atoms with Crippen molar-refractivity contribution in [2.75, 3.05) is 6.61 Å². The minimum absolute atomic E-state index is 0.181. The third-order valence-electron chi connectivity index (χ3n) is 4.93. The van der Waals surface area contributed by atoms with Crippen LogP contribution in [-0.4, -0.2) is 31.0 Å². The highest BCUT2D eigenvalue weighted by molar-refractivity contribution is 7.15. The molecule has 0 N–H and O–H groups in total. The van der Waals surface area contributed by atoms with Gasteiger partial charge in [-0.25, -0.2) is 9.67 Å². The molecule has 2 aromatic carbocycles. The Kier molecular flexibility index (Phi) is 4.83. The Morgan fingerprint density at radius 2 is 2.00 bits per heavy atom. The maximum absolute atomic E-state index is 12.7. The monoisotopic (exact) mass is 429 g/mol. The molecule has 0 saturated carbocycles. The summed E-state index contributed by atoms with van der Waals surface area (Å²) in [4.78, 5) is 17.4. The van der Waals surface area contributed by atoms with Crippen LogP contribution in [0.15, 0.2) is 65.8 Å². The summed E-state index contributed by atoms with van der Waals surface area (Å²) >= 11 is 1.31. The van der Waals surface area contributed by atoms with E-state index in [-0.39, 0.29) is 5.56 Å². The molecule has 3 heterocycles. The maximum Gasteiger partial charge on any atom is 0.291 e. The van der Waals surface area contributed by atoms with E-state index in [1.54, 1.807) is 0 Å². The number of thiazole rings is 1. The van der Waals surface area contributed by atoms with Gasteiger partial charge in [-0.05, 0) is 55.8 Å². The van der Waals surface area contributed by atoms with Gasteiger partial charge < -0.3 is 4.74 Å². The van der Waals surface area contributed by atoms with Gasteiger partial charge in [-0.3, -0.25) is 4.79 Å². The van der Waals surface area contributed by atoms with Crippen molar-refractivity contribution in [1.29, 1.82) is 0 Å². The summed E-state index contributed by atoms with van der Waals surface area (Å²) in [6.07, 6.45) is 5.19. The van der Waals surface area contributed by atoms with Crippen LogP contribution in [0.4, 0.5) is 0 Å². The number of para-hydroxylation sites is 1. The molecule has 0 amide bonds. The zero-order valence-electron chi connectivity index (χ0n) is 17.0. The first-order chi connectivity index (χ1) is 15.1. The van der Waals surface area contributed by atoms with E-state index in [1.807, 2.05) is 79.3 Å². The molecule has 0 spiro atoms. The first-order valence-electron chi connectivity index (χ1n) is 9.87. The normalized spacial score (nSPS) is 12.0. The molecular formula is C23H19N5O2S. The number of aryl methyl sites for hydroxylation is 1. The number of ether oxygens (including phenoxy) is 1. The summed E-state index contributed by atoms with van der Waals surface area (Å²) in [7, 11) is 0. The van der Waals surface area contributed by atoms with E-state index in [9.17, 15) is 4.79 Å². The Bertz CT molecular complexity index is 1480. The van der Waals surface area contributed by atoms with Crippen LogP contribution in [0.25, 0.3) is 28.0 Å². The predicted octanol–water partition coefficient (Wildman–Crippen LogP) is 3.26. The van der Waals surface area contributed by atoms with E-state index in [2.05, 4.69) is 10.1 Å². The lowest BCUT2D eigenvalue weighted by Gasteiger charge is -2.08. The van der Waals surface area contributed by atoms with E-state index in [0.29, 0.717) is 16.1 Å². The van der Waals surface area contributed by atoms with Gasteiger partial charge in [-0.1, -0.05) is 29.5 Å². The lowest BCUT2D eigenvalue weighted by atomic mass is 10.0. The zero-order valence-corrected chi connectivity index (χ0v) is 17.8. The van der Waals surface area contributed by atoms with Crippen LogP contribution in [-0.2, 0) is 0 Å². The maximum atomic E-state index is 12.7. The Hall–Kier alpha value is -3.78. The second kappa shape index (κ2) is 7.81. The molecule has 3 aromatic heterocycles. The number of fused-ring (bicyclic) bond motifs is 1. The largest absolute Gasteiger partial charge is 0.494 e. The highest BCUT2D eigenvalue weighted by Crippen LogP contribution is 2.30. The predicted molar refractivity (Wildman–Crippen MR) is 121 cm³/mol. The van der Waals surface area contributed by atoms with Gasteiger partial charge in [0.1, 0.15) is 17.8 Å². The Balaban J connectivity index is 1.71. The van der Waals surface area contributed by atoms with Crippen molar-refractivity contribution in [2.45, 2.75) is 13.8 Å². The average molecular weight is 430 g/mol. The van der Waals surface area contributed by atoms with E-state index in [4.69, 9.17) is 9.84 Å². The van der Waals surface area contributed by atoms with E-state index < -0.39 is 0 Å². The van der Waals surface area contributed by atoms with Gasteiger partial charge in [0.2, 0.25) is 4.96 Å². The Morgan fingerprint density at radius 1 is 1.16 bits per heavy atom. The van der Waals surface area contributed by atoms with Gasteiger partial charge in [0.05, 0.1) is 16.8 Å². The van der Waals surface area contributed by atoms with Crippen LogP contribution in [0.1, 0.15) is 18.1 Å². The molecule has 0 fully saturated rings. The van der Waals surface area contributed by atoms with Gasteiger partial charge in [0.15, 0.2) is 0 Å². The Morgan fingerprint density at radius 3 is 2.74 bits per heavy atom. The fourth-order valence-corrected chi connectivity index (χ4v) is 4.36. The Labute approximate surface area is 181 Å². The summed E-state index contributed by atoms with van der Waals surface area (Å²) < 4.78 is 9.34. The fraction of sp³-hybridized carbons (Fsp3) is 0.130. The first-order valence-corrected chi connectivity index (χ1v) is 10.7. The second-order valence-electron chi connectivity index (χ2n) is 6.99. The number of nitrogens with zero attached hydrogens (tertiary/aromatic N) is 5. The standard InChI is InChI=1S/C23H19N5O2S/c1-3-30-18-9-10-19(15(2)11-18)21-16(13-27(26-21)17-7-5-4-6-8-17)12-20-22(29)28-23(31-20)24-14-25-28/h4-14H,3H2,1-2H3. The molecule has 5 rings (SSSR count). The molecule has 31 heavy (non-hydrogen) atoms. The molecule has 7 nitrogen and oxygen atoms in total. The molecule has 5 aromatic rings. The molecule has 0 unspecified atom stereocenters. The lowest BCUT2D eigenvalue weighted by molar-refractivity contribution is 0.340. The van der Waals surface area contributed by atoms with Crippen molar-refractivity contribution in [3.8, 4) is 22.7 Å². The number of hydrogen-bond donors (Lipinski definition) is 0. The van der Waals surface area contributed by atoms with Crippen LogP contribution in [0.2, 0.25) is 0 Å². The first kappa shape index (κ1) is 19.2. The minimum Gasteiger partial charge on any atom is -0.494 e. The molecule has 0 atom stereocenters. The molecular weight excluding hydrogens is 410 g/mol. The third-order valence-corrected chi connectivity index (χ3v) is 5.91. The molecule has 0 aliphatic heterocycles. The van der Waals surface area contributed by atoms with Gasteiger partial charge in [-0.15, -0.1) is 0 Å². The highest BCUT2D eigenvalue weighted by Gasteiger charge is 2.15. The minimum atomic E-state index is -0.181. The number of hydrogen-bond acceptors (Lipinski definition) is 6. The SMILES string of the molecule is CCOc1ccc(-c2nn(-c3ccccc3)cc2C=c2sc3ncnn3c2=O)c(C)c1. The summed E-state index contributed by atoms with van der Waals surface area (Å²) in [6, 6.07) is 15.9. The topological polar surface area (TPSA) is 74.3 Å². The van der Waals surface area contributed by atoms with Crippen molar-refractivity contribution in [3.05, 3.63) is 87.1 Å². The van der Waals surface area contributed by atoms with Gasteiger partial charge in [0.25, 0.3) is 5.56 Å². The summed E-state index contributed by atoms with van der Waals surface area (Å²) in [5.74, 6) is 0.823. The number of aromatic nitrogens is 5. The van der Waals surface area contributed by atoms with Crippen molar-refractivity contribution in [2.24, 2.45) is 0 Å². The molecule has 8 heteroatoms. The van der Waals surface area contributed by atoms with Crippen LogP contribution >= 0.6 is 11.3 Å². The van der Waals surface area contributed by atoms with Crippen LogP contribution in [0.3, 0.4) is 0 Å². The fourth-order valence-electron chi connectivity index (χ4n) is 3.49. The van der Waals surface area contributed by atoms with Gasteiger partial charge in [0, 0.05) is 17.3 Å². The summed E-state index contributed by atoms with van der Waals surface area (Å²) in [6.45, 7) is 4.61. The van der Waals surface area contributed by atoms with E-state index in [0.717, 1.165) is 33.8 Å². The summed E-state index contributed by atoms with van der Waals surface area (Å²) in [5, 5.41) is 8.87. The molecule has 154 valence electrons. The third kappa shape index (κ3) is 3.51. The smallest absolute Gasteiger partial charge is 0.291 e. The van der Waals surface area contributed by atoms with Gasteiger partial charge >= 0.3 is 0 Å². The number of benzene rings is 2. The highest BCUT2D eigenvalue weighted by atomic mass is 32.1. The van der Waals surface area contributed by atoms with E-state index >= 15 is 0 Å². The summed E-state index contributed by atoms with van der Waals surface area (Å²) in [5.41, 5.74) is 4.43. The number of rotatable bonds is 5. The van der Waals surface area contributed by atoms with Crippen molar-refractivity contribution in [1.82, 2.24) is 24.4 Å². The van der Waals surface area contributed by atoms with Crippen LogP contribution in [0, 0.1) is 6.92 Å². The molecule has 0 bridgehead atoms. The van der Waals surface area contributed by atoms with Crippen molar-refractivity contribution >= 4 is 22.4 Å². The van der Waals surface area contributed by atoms with Crippen LogP contribution < -0.4 is 14.8 Å². The molecule has 0 saturated heterocycles. The quantitative estimate of drug-likeness (QED) is 0.429. The van der Waals surface area contributed by atoms with Crippen LogP contribution in [0.5, 0.6) is 5.75 Å². The van der Waals surface area contributed by atoms with Gasteiger partial charge in [-0.2, -0.15) is 14.7 Å². The molecule has 0 aliphatic carbocycles. The lowest BCUT2D eigenvalue weighted by Crippen LogP contribution is -2.23. The van der Waals surface area contributed by atoms with E-state index in [1.165, 1.54) is 22.2 Å². The van der Waals surface area contributed by atoms with Crippen molar-refractivity contribution < 1.29 is 4.74 Å². The van der Waals surface area contributed by atoms with Crippen molar-refractivity contribution in [3.63, 3.8) is 0 Å². The second-order valence-corrected chi connectivity index (χ2v) is 8.00. The molecule has 0 radical (unpaired) electrons. The zero-order chi connectivity index (χ0) is 21.4.